The summed E-state index contributed by atoms with van der Waals surface area (Å²) in [6.07, 6.45) is 4.78. The molecule has 2 aromatic heterocycles. The summed E-state index contributed by atoms with van der Waals surface area (Å²) in [6.45, 7) is 0. The second-order valence-corrected chi connectivity index (χ2v) is 8.99. The van der Waals surface area contributed by atoms with E-state index in [2.05, 4.69) is 36.5 Å². The van der Waals surface area contributed by atoms with E-state index in [9.17, 15) is 4.79 Å². The number of amides is 1. The normalized spacial score (nSPS) is 11.1. The number of anilines is 3. The molecular formula is C21H14BrClN4OS. The van der Waals surface area contributed by atoms with Crippen molar-refractivity contribution in [2.45, 2.75) is 0 Å². The third-order valence-corrected chi connectivity index (χ3v) is 5.81. The van der Waals surface area contributed by atoms with E-state index in [4.69, 9.17) is 11.6 Å². The van der Waals surface area contributed by atoms with Crippen LogP contribution >= 0.6 is 38.9 Å². The molecule has 1 amide bonds. The Balaban J connectivity index is 1.56. The van der Waals surface area contributed by atoms with E-state index in [1.807, 2.05) is 48.5 Å². The second-order valence-electron chi connectivity index (χ2n) is 6.05. The predicted molar refractivity (Wildman–Crippen MR) is 124 cm³/mol. The molecule has 2 aromatic carbocycles. The topological polar surface area (TPSA) is 66.9 Å². The van der Waals surface area contributed by atoms with E-state index in [1.165, 1.54) is 12.4 Å². The number of nitrogens with one attached hydrogen (secondary N) is 2. The Labute approximate surface area is 184 Å². The molecule has 29 heavy (non-hydrogen) atoms. The maximum absolute atomic E-state index is 12.3. The SMILES string of the molecule is O=C(/C=C/c1ccc(Br)s1)Nc1ccc2ncnc(Nc3cccc(Cl)c3)c2c1. The first-order valence-electron chi connectivity index (χ1n) is 8.58. The highest BCUT2D eigenvalue weighted by atomic mass is 79.9. The Kier molecular flexibility index (Phi) is 5.89. The Morgan fingerprint density at radius 1 is 1.07 bits per heavy atom. The molecule has 0 unspecified atom stereocenters. The molecule has 0 aliphatic heterocycles. The molecule has 0 atom stereocenters. The molecule has 0 aliphatic carbocycles. The average molecular weight is 486 g/mol. The van der Waals surface area contributed by atoms with Crippen LogP contribution in [0.25, 0.3) is 17.0 Å². The van der Waals surface area contributed by atoms with Gasteiger partial charge < -0.3 is 10.6 Å². The van der Waals surface area contributed by atoms with Crippen LogP contribution in [0.2, 0.25) is 5.02 Å². The lowest BCUT2D eigenvalue weighted by Gasteiger charge is -2.10. The third-order valence-electron chi connectivity index (χ3n) is 3.98. The zero-order valence-corrected chi connectivity index (χ0v) is 18.1. The standard InChI is InChI=1S/C21H14BrClN4OS/c22-19-8-5-16(29-19)6-9-20(28)26-15-4-7-18-17(11-15)21(25-12-24-18)27-14-3-1-2-13(23)10-14/h1-12H,(H,26,28)(H,24,25,27)/b9-6+. The minimum absolute atomic E-state index is 0.213. The molecule has 0 aliphatic rings. The van der Waals surface area contributed by atoms with Crippen LogP contribution < -0.4 is 10.6 Å². The van der Waals surface area contributed by atoms with Crippen molar-refractivity contribution in [1.82, 2.24) is 9.97 Å². The van der Waals surface area contributed by atoms with Gasteiger partial charge in [-0.05, 0) is 70.5 Å². The van der Waals surface area contributed by atoms with Crippen LogP contribution in [0.15, 0.2) is 70.8 Å². The summed E-state index contributed by atoms with van der Waals surface area (Å²) in [5, 5.41) is 7.54. The molecule has 0 saturated heterocycles. The summed E-state index contributed by atoms with van der Waals surface area (Å²) in [4.78, 5) is 21.9. The van der Waals surface area contributed by atoms with Crippen LogP contribution in [0.3, 0.4) is 0 Å². The second kappa shape index (κ2) is 8.73. The lowest BCUT2D eigenvalue weighted by molar-refractivity contribution is -0.111. The van der Waals surface area contributed by atoms with Gasteiger partial charge in [0.25, 0.3) is 0 Å². The van der Waals surface area contributed by atoms with Crippen molar-refractivity contribution in [1.29, 1.82) is 0 Å². The van der Waals surface area contributed by atoms with Crippen LogP contribution in [0.1, 0.15) is 4.88 Å². The number of carbonyl (C=O) groups excluding carboxylic acids is 1. The van der Waals surface area contributed by atoms with Crippen molar-refractivity contribution in [2.75, 3.05) is 10.6 Å². The van der Waals surface area contributed by atoms with Crippen LogP contribution in [0.4, 0.5) is 17.2 Å². The number of nitrogens with zero attached hydrogens (tertiary/aromatic N) is 2. The quantitative estimate of drug-likeness (QED) is 0.317. The fourth-order valence-electron chi connectivity index (χ4n) is 2.70. The van der Waals surface area contributed by atoms with Gasteiger partial charge in [-0.15, -0.1) is 11.3 Å². The molecule has 0 bridgehead atoms. The number of hydrogen-bond acceptors (Lipinski definition) is 5. The smallest absolute Gasteiger partial charge is 0.248 e. The van der Waals surface area contributed by atoms with Crippen LogP contribution in [0, 0.1) is 0 Å². The number of thiophene rings is 1. The zero-order chi connectivity index (χ0) is 20.2. The monoisotopic (exact) mass is 484 g/mol. The fourth-order valence-corrected chi connectivity index (χ4v) is 4.21. The van der Waals surface area contributed by atoms with Crippen molar-refractivity contribution in [3.05, 3.63) is 80.7 Å². The number of benzene rings is 2. The molecule has 4 aromatic rings. The predicted octanol–water partition coefficient (Wildman–Crippen LogP) is 6.50. The van der Waals surface area contributed by atoms with E-state index in [-0.39, 0.29) is 5.91 Å². The molecule has 2 heterocycles. The highest BCUT2D eigenvalue weighted by Gasteiger charge is 2.07. The molecule has 0 saturated carbocycles. The molecule has 4 rings (SSSR count). The van der Waals surface area contributed by atoms with Gasteiger partial charge in [0, 0.05) is 32.7 Å². The molecule has 2 N–H and O–H groups in total. The zero-order valence-electron chi connectivity index (χ0n) is 14.9. The number of halogens is 2. The van der Waals surface area contributed by atoms with Gasteiger partial charge >= 0.3 is 0 Å². The van der Waals surface area contributed by atoms with Gasteiger partial charge in [0.05, 0.1) is 9.30 Å². The van der Waals surface area contributed by atoms with Crippen LogP contribution in [0.5, 0.6) is 0 Å². The van der Waals surface area contributed by atoms with Crippen molar-refractivity contribution < 1.29 is 4.79 Å². The minimum Gasteiger partial charge on any atom is -0.340 e. The van der Waals surface area contributed by atoms with Crippen molar-refractivity contribution in [3.8, 4) is 0 Å². The largest absolute Gasteiger partial charge is 0.340 e. The summed E-state index contributed by atoms with van der Waals surface area (Å²) in [5.74, 6) is 0.419. The highest BCUT2D eigenvalue weighted by molar-refractivity contribution is 9.11. The molecule has 0 spiro atoms. The van der Waals surface area contributed by atoms with E-state index in [0.717, 1.165) is 25.3 Å². The molecule has 5 nitrogen and oxygen atoms in total. The van der Waals surface area contributed by atoms with Crippen LogP contribution in [-0.2, 0) is 4.79 Å². The summed E-state index contributed by atoms with van der Waals surface area (Å²) < 4.78 is 1.02. The number of hydrogen-bond donors (Lipinski definition) is 2. The van der Waals surface area contributed by atoms with Gasteiger partial charge in [0.1, 0.15) is 12.1 Å². The minimum atomic E-state index is -0.213. The third kappa shape index (κ3) is 5.00. The Morgan fingerprint density at radius 2 is 1.97 bits per heavy atom. The summed E-state index contributed by atoms with van der Waals surface area (Å²) in [7, 11) is 0. The number of carbonyl (C=O) groups is 1. The van der Waals surface area contributed by atoms with Gasteiger partial charge in [0.15, 0.2) is 0 Å². The number of fused-ring (bicyclic) bond motifs is 1. The van der Waals surface area contributed by atoms with E-state index < -0.39 is 0 Å². The lowest BCUT2D eigenvalue weighted by Crippen LogP contribution is -2.07. The summed E-state index contributed by atoms with van der Waals surface area (Å²) in [6, 6.07) is 16.8. The molecular weight excluding hydrogens is 472 g/mol. The summed E-state index contributed by atoms with van der Waals surface area (Å²) in [5.41, 5.74) is 2.24. The maximum atomic E-state index is 12.3. The van der Waals surface area contributed by atoms with Gasteiger partial charge in [-0.2, -0.15) is 0 Å². The van der Waals surface area contributed by atoms with E-state index in [1.54, 1.807) is 23.5 Å². The van der Waals surface area contributed by atoms with Gasteiger partial charge in [-0.1, -0.05) is 17.7 Å². The van der Waals surface area contributed by atoms with Gasteiger partial charge in [-0.25, -0.2) is 9.97 Å². The fraction of sp³-hybridized carbons (Fsp3) is 0. The van der Waals surface area contributed by atoms with E-state index >= 15 is 0 Å². The Morgan fingerprint density at radius 3 is 2.76 bits per heavy atom. The lowest BCUT2D eigenvalue weighted by atomic mass is 10.2. The first-order valence-corrected chi connectivity index (χ1v) is 10.6. The van der Waals surface area contributed by atoms with E-state index in [0.29, 0.717) is 16.5 Å². The molecule has 0 radical (unpaired) electrons. The van der Waals surface area contributed by atoms with Crippen molar-refractivity contribution >= 4 is 78.9 Å². The molecule has 8 heteroatoms. The van der Waals surface area contributed by atoms with Gasteiger partial charge in [0.2, 0.25) is 5.91 Å². The molecule has 144 valence electrons. The molecule has 0 fully saturated rings. The van der Waals surface area contributed by atoms with Crippen LogP contribution in [-0.4, -0.2) is 15.9 Å². The number of rotatable bonds is 5. The van der Waals surface area contributed by atoms with Crippen molar-refractivity contribution in [3.63, 3.8) is 0 Å². The van der Waals surface area contributed by atoms with Crippen molar-refractivity contribution in [2.24, 2.45) is 0 Å². The summed E-state index contributed by atoms with van der Waals surface area (Å²) >= 11 is 11.0. The maximum Gasteiger partial charge on any atom is 0.248 e. The highest BCUT2D eigenvalue weighted by Crippen LogP contribution is 2.27. The first kappa shape index (κ1) is 19.6. The first-order chi connectivity index (χ1) is 14.1. The Hall–Kier alpha value is -2.74. The average Bonchev–Trinajstić information content (AvgIpc) is 3.12. The Bertz CT molecular complexity index is 1220. The van der Waals surface area contributed by atoms with Gasteiger partial charge in [-0.3, -0.25) is 4.79 Å². The number of aromatic nitrogens is 2.